The van der Waals surface area contributed by atoms with Gasteiger partial charge in [0.25, 0.3) is 0 Å². The zero-order valence-electron chi connectivity index (χ0n) is 11.3. The SMILES string of the molecule is C[C@@H](N)c1cc(Cl)ccc1OCC(O)c1ccccc1. The van der Waals surface area contributed by atoms with E-state index in [1.54, 1.807) is 18.2 Å². The normalized spacial score (nSPS) is 13.8. The largest absolute Gasteiger partial charge is 0.490 e. The molecule has 2 aromatic rings. The Labute approximate surface area is 123 Å². The number of ether oxygens (including phenoxy) is 1. The molecule has 0 heterocycles. The first-order valence-electron chi connectivity index (χ1n) is 6.48. The maximum absolute atomic E-state index is 10.1. The molecule has 2 rings (SSSR count). The molecule has 0 spiro atoms. The average molecular weight is 292 g/mol. The van der Waals surface area contributed by atoms with Crippen molar-refractivity contribution < 1.29 is 9.84 Å². The minimum absolute atomic E-state index is 0.172. The van der Waals surface area contributed by atoms with Crippen molar-refractivity contribution in [1.29, 1.82) is 0 Å². The van der Waals surface area contributed by atoms with Crippen LogP contribution in [0.3, 0.4) is 0 Å². The molecule has 0 saturated heterocycles. The lowest BCUT2D eigenvalue weighted by atomic mass is 10.1. The van der Waals surface area contributed by atoms with Crippen molar-refractivity contribution in [2.45, 2.75) is 19.1 Å². The summed E-state index contributed by atoms with van der Waals surface area (Å²) in [6.45, 7) is 2.04. The Balaban J connectivity index is 2.08. The Hall–Kier alpha value is -1.55. The molecule has 0 aliphatic rings. The van der Waals surface area contributed by atoms with Crippen LogP contribution >= 0.6 is 11.6 Å². The van der Waals surface area contributed by atoms with Crippen LogP contribution < -0.4 is 10.5 Å². The first-order chi connectivity index (χ1) is 9.58. The van der Waals surface area contributed by atoms with Crippen molar-refractivity contribution in [1.82, 2.24) is 0 Å². The van der Waals surface area contributed by atoms with E-state index in [0.717, 1.165) is 11.1 Å². The summed E-state index contributed by atoms with van der Waals surface area (Å²) in [6.07, 6.45) is -0.673. The highest BCUT2D eigenvalue weighted by Gasteiger charge is 2.12. The van der Waals surface area contributed by atoms with Gasteiger partial charge in [0.2, 0.25) is 0 Å². The fourth-order valence-electron chi connectivity index (χ4n) is 1.95. The van der Waals surface area contributed by atoms with Gasteiger partial charge in [-0.15, -0.1) is 0 Å². The van der Waals surface area contributed by atoms with Gasteiger partial charge in [0.1, 0.15) is 18.5 Å². The van der Waals surface area contributed by atoms with Gasteiger partial charge in [-0.3, -0.25) is 0 Å². The number of rotatable bonds is 5. The van der Waals surface area contributed by atoms with E-state index in [9.17, 15) is 5.11 Å². The van der Waals surface area contributed by atoms with Gasteiger partial charge in [-0.1, -0.05) is 41.9 Å². The Morgan fingerprint density at radius 1 is 1.20 bits per heavy atom. The van der Waals surface area contributed by atoms with E-state index < -0.39 is 6.10 Å². The van der Waals surface area contributed by atoms with Crippen LogP contribution in [0.15, 0.2) is 48.5 Å². The molecule has 0 saturated carbocycles. The molecule has 0 radical (unpaired) electrons. The summed E-state index contributed by atoms with van der Waals surface area (Å²) < 4.78 is 5.68. The lowest BCUT2D eigenvalue weighted by Crippen LogP contribution is -2.13. The van der Waals surface area contributed by atoms with Gasteiger partial charge in [-0.25, -0.2) is 0 Å². The van der Waals surface area contributed by atoms with Crippen LogP contribution in [0.4, 0.5) is 0 Å². The van der Waals surface area contributed by atoms with Crippen LogP contribution in [0.5, 0.6) is 5.75 Å². The highest BCUT2D eigenvalue weighted by Crippen LogP contribution is 2.28. The molecule has 3 nitrogen and oxygen atoms in total. The third kappa shape index (κ3) is 3.73. The smallest absolute Gasteiger partial charge is 0.124 e. The summed E-state index contributed by atoms with van der Waals surface area (Å²) in [4.78, 5) is 0. The Kier molecular flexibility index (Phi) is 5.01. The molecule has 4 heteroatoms. The van der Waals surface area contributed by atoms with Crippen molar-refractivity contribution in [3.8, 4) is 5.75 Å². The summed E-state index contributed by atoms with van der Waals surface area (Å²) in [5, 5.41) is 10.7. The van der Waals surface area contributed by atoms with Gasteiger partial charge in [-0.2, -0.15) is 0 Å². The predicted molar refractivity (Wildman–Crippen MR) is 81.0 cm³/mol. The molecule has 1 unspecified atom stereocenters. The lowest BCUT2D eigenvalue weighted by Gasteiger charge is -2.17. The maximum atomic E-state index is 10.1. The van der Waals surface area contributed by atoms with E-state index in [-0.39, 0.29) is 12.6 Å². The van der Waals surface area contributed by atoms with E-state index in [4.69, 9.17) is 22.1 Å². The molecule has 106 valence electrons. The van der Waals surface area contributed by atoms with Gasteiger partial charge in [0.05, 0.1) is 0 Å². The van der Waals surface area contributed by atoms with Crippen LogP contribution in [0.2, 0.25) is 5.02 Å². The topological polar surface area (TPSA) is 55.5 Å². The van der Waals surface area contributed by atoms with E-state index >= 15 is 0 Å². The summed E-state index contributed by atoms with van der Waals surface area (Å²) in [7, 11) is 0. The molecule has 0 aliphatic carbocycles. The third-order valence-corrected chi connectivity index (χ3v) is 3.28. The summed E-state index contributed by atoms with van der Waals surface area (Å²) in [5.74, 6) is 0.652. The van der Waals surface area contributed by atoms with Gasteiger partial charge >= 0.3 is 0 Å². The molecule has 0 bridgehead atoms. The monoisotopic (exact) mass is 291 g/mol. The highest BCUT2D eigenvalue weighted by molar-refractivity contribution is 6.30. The molecule has 2 atom stereocenters. The zero-order chi connectivity index (χ0) is 14.5. The second kappa shape index (κ2) is 6.75. The number of halogens is 1. The van der Waals surface area contributed by atoms with Crippen LogP contribution in [0.1, 0.15) is 30.2 Å². The summed E-state index contributed by atoms with van der Waals surface area (Å²) in [6, 6.07) is 14.5. The molecular formula is C16H18ClNO2. The molecule has 2 aromatic carbocycles. The fourth-order valence-corrected chi connectivity index (χ4v) is 2.13. The van der Waals surface area contributed by atoms with Gasteiger partial charge in [-0.05, 0) is 30.7 Å². The Morgan fingerprint density at radius 3 is 2.55 bits per heavy atom. The van der Waals surface area contributed by atoms with Crippen LogP contribution in [0.25, 0.3) is 0 Å². The first kappa shape index (κ1) is 14.9. The minimum atomic E-state index is -0.673. The fraction of sp³-hybridized carbons (Fsp3) is 0.250. The standard InChI is InChI=1S/C16H18ClNO2/c1-11(18)14-9-13(17)7-8-16(14)20-10-15(19)12-5-3-2-4-6-12/h2-9,11,15,19H,10,18H2,1H3/t11-,15?/m1/s1. The number of hydrogen-bond donors (Lipinski definition) is 2. The molecule has 0 amide bonds. The second-order valence-electron chi connectivity index (χ2n) is 4.71. The van der Waals surface area contributed by atoms with E-state index in [1.165, 1.54) is 0 Å². The number of hydrogen-bond acceptors (Lipinski definition) is 3. The summed E-state index contributed by atoms with van der Waals surface area (Å²) >= 11 is 5.96. The molecule has 3 N–H and O–H groups in total. The minimum Gasteiger partial charge on any atom is -0.490 e. The predicted octanol–water partition coefficient (Wildman–Crippen LogP) is 3.47. The highest BCUT2D eigenvalue weighted by atomic mass is 35.5. The van der Waals surface area contributed by atoms with E-state index in [2.05, 4.69) is 0 Å². The van der Waals surface area contributed by atoms with Gasteiger partial charge in [0.15, 0.2) is 0 Å². The quantitative estimate of drug-likeness (QED) is 0.887. The molecular weight excluding hydrogens is 274 g/mol. The van der Waals surface area contributed by atoms with Crippen LogP contribution in [-0.2, 0) is 0 Å². The zero-order valence-corrected chi connectivity index (χ0v) is 12.0. The Bertz CT molecular complexity index is 558. The van der Waals surface area contributed by atoms with Crippen molar-refractivity contribution in [2.75, 3.05) is 6.61 Å². The molecule has 20 heavy (non-hydrogen) atoms. The second-order valence-corrected chi connectivity index (χ2v) is 5.14. The molecule has 0 fully saturated rings. The van der Waals surface area contributed by atoms with Crippen LogP contribution in [0, 0.1) is 0 Å². The molecule has 0 aliphatic heterocycles. The lowest BCUT2D eigenvalue weighted by molar-refractivity contribution is 0.107. The van der Waals surface area contributed by atoms with Crippen molar-refractivity contribution in [3.05, 3.63) is 64.7 Å². The van der Waals surface area contributed by atoms with Gasteiger partial charge < -0.3 is 15.6 Å². The molecule has 0 aromatic heterocycles. The van der Waals surface area contributed by atoms with E-state index in [0.29, 0.717) is 10.8 Å². The van der Waals surface area contributed by atoms with E-state index in [1.807, 2.05) is 37.3 Å². The number of aliphatic hydroxyl groups excluding tert-OH is 1. The number of aliphatic hydroxyl groups is 1. The average Bonchev–Trinajstić information content (AvgIpc) is 2.46. The first-order valence-corrected chi connectivity index (χ1v) is 6.86. The van der Waals surface area contributed by atoms with Crippen molar-refractivity contribution in [3.63, 3.8) is 0 Å². The van der Waals surface area contributed by atoms with Crippen molar-refractivity contribution in [2.24, 2.45) is 5.73 Å². The third-order valence-electron chi connectivity index (χ3n) is 3.04. The maximum Gasteiger partial charge on any atom is 0.124 e. The number of benzene rings is 2. The van der Waals surface area contributed by atoms with Gasteiger partial charge in [0, 0.05) is 16.6 Å². The summed E-state index contributed by atoms with van der Waals surface area (Å²) in [5.41, 5.74) is 7.55. The number of nitrogens with two attached hydrogens (primary N) is 1. The van der Waals surface area contributed by atoms with Crippen LogP contribution in [-0.4, -0.2) is 11.7 Å². The van der Waals surface area contributed by atoms with Crippen molar-refractivity contribution >= 4 is 11.6 Å². The Morgan fingerprint density at radius 2 is 1.90 bits per heavy atom.